The molecule has 1 saturated heterocycles. The second-order valence-electron chi connectivity index (χ2n) is 9.11. The number of esters is 1. The van der Waals surface area contributed by atoms with Crippen molar-refractivity contribution in [1.82, 2.24) is 10.6 Å². The van der Waals surface area contributed by atoms with Gasteiger partial charge in [0.15, 0.2) is 0 Å². The summed E-state index contributed by atoms with van der Waals surface area (Å²) in [6.45, 7) is 12.4. The molecule has 33 heavy (non-hydrogen) atoms. The molecule has 1 heterocycles. The summed E-state index contributed by atoms with van der Waals surface area (Å²) in [5, 5.41) is 5.61. The molecule has 1 rings (SSSR count). The predicted molar refractivity (Wildman–Crippen MR) is 135 cm³/mol. The molecule has 1 aliphatic heterocycles. The van der Waals surface area contributed by atoms with Gasteiger partial charge in [-0.3, -0.25) is 0 Å². The van der Waals surface area contributed by atoms with Gasteiger partial charge < -0.3 is 24.8 Å². The van der Waals surface area contributed by atoms with Gasteiger partial charge in [-0.1, -0.05) is 27.4 Å². The van der Waals surface area contributed by atoms with Crippen molar-refractivity contribution in [3.8, 4) is 0 Å². The zero-order chi connectivity index (χ0) is 24.7. The topological polar surface area (TPSA) is 103 Å². The van der Waals surface area contributed by atoms with E-state index in [9.17, 15) is 14.4 Å². The summed E-state index contributed by atoms with van der Waals surface area (Å²) >= 11 is 3.70. The second-order valence-corrected chi connectivity index (χ2v) is 11.4. The van der Waals surface area contributed by atoms with E-state index in [4.69, 9.17) is 14.2 Å². The smallest absolute Gasteiger partial charge is 0.407 e. The van der Waals surface area contributed by atoms with Crippen molar-refractivity contribution < 1.29 is 28.6 Å². The van der Waals surface area contributed by atoms with Crippen LogP contribution < -0.4 is 10.6 Å². The SMILES string of the molecule is C=C(C)C(=O)OCCOC(=O)NCC(C)CC(C)(C)CCNC(=O)OC1CSCCCSC1. The number of alkyl carbamates (subject to hydrolysis) is 2. The molecule has 2 amide bonds. The number of nitrogens with one attached hydrogen (secondary N) is 2. The molecule has 190 valence electrons. The molecule has 0 aliphatic carbocycles. The lowest BCUT2D eigenvalue weighted by atomic mass is 9.80. The van der Waals surface area contributed by atoms with Gasteiger partial charge in [0.2, 0.25) is 0 Å². The first kappa shape index (κ1) is 29.5. The number of amides is 2. The maximum absolute atomic E-state index is 12.1. The fourth-order valence-electron chi connectivity index (χ4n) is 3.32. The molecule has 1 atom stereocenters. The zero-order valence-electron chi connectivity index (χ0n) is 20.4. The third kappa shape index (κ3) is 15.1. The molecule has 0 radical (unpaired) electrons. The van der Waals surface area contributed by atoms with E-state index in [-0.39, 0.29) is 36.7 Å². The lowest BCUT2D eigenvalue weighted by Gasteiger charge is -2.28. The minimum atomic E-state index is -0.541. The monoisotopic (exact) mass is 504 g/mol. The zero-order valence-corrected chi connectivity index (χ0v) is 22.0. The van der Waals surface area contributed by atoms with Crippen LogP contribution in [0, 0.1) is 11.3 Å². The maximum atomic E-state index is 12.1. The molecule has 0 saturated carbocycles. The molecular weight excluding hydrogens is 464 g/mol. The summed E-state index contributed by atoms with van der Waals surface area (Å²) in [7, 11) is 0. The first-order chi connectivity index (χ1) is 15.6. The van der Waals surface area contributed by atoms with Gasteiger partial charge in [0.05, 0.1) is 0 Å². The Morgan fingerprint density at radius 3 is 2.33 bits per heavy atom. The molecular formula is C23H40N2O6S2. The molecule has 0 spiro atoms. The number of carbonyl (C=O) groups excluding carboxylic acids is 3. The molecule has 10 heteroatoms. The first-order valence-electron chi connectivity index (χ1n) is 11.4. The Hall–Kier alpha value is -1.55. The predicted octanol–water partition coefficient (Wildman–Crippen LogP) is 4.24. The lowest BCUT2D eigenvalue weighted by molar-refractivity contribution is -0.139. The van der Waals surface area contributed by atoms with Crippen molar-refractivity contribution >= 4 is 41.7 Å². The van der Waals surface area contributed by atoms with E-state index in [1.54, 1.807) is 6.92 Å². The van der Waals surface area contributed by atoms with Crippen LogP contribution >= 0.6 is 23.5 Å². The van der Waals surface area contributed by atoms with Gasteiger partial charge in [0, 0.05) is 30.2 Å². The van der Waals surface area contributed by atoms with Crippen LogP contribution in [-0.2, 0) is 19.0 Å². The number of hydrogen-bond acceptors (Lipinski definition) is 8. The summed E-state index contributed by atoms with van der Waals surface area (Å²) in [5.41, 5.74) is 0.289. The Morgan fingerprint density at radius 1 is 1.06 bits per heavy atom. The Labute approximate surface area is 206 Å². The largest absolute Gasteiger partial charge is 0.459 e. The highest BCUT2D eigenvalue weighted by Gasteiger charge is 2.22. The van der Waals surface area contributed by atoms with E-state index in [1.807, 2.05) is 23.5 Å². The van der Waals surface area contributed by atoms with Crippen LogP contribution in [-0.4, -0.2) is 73.6 Å². The van der Waals surface area contributed by atoms with Gasteiger partial charge in [-0.05, 0) is 49.0 Å². The van der Waals surface area contributed by atoms with Gasteiger partial charge in [-0.25, -0.2) is 14.4 Å². The highest BCUT2D eigenvalue weighted by Crippen LogP contribution is 2.28. The number of carbonyl (C=O) groups is 3. The number of rotatable bonds is 12. The average Bonchev–Trinajstić information content (AvgIpc) is 2.70. The van der Waals surface area contributed by atoms with Gasteiger partial charge >= 0.3 is 18.2 Å². The third-order valence-electron chi connectivity index (χ3n) is 4.92. The minimum absolute atomic E-state index is 0.00441. The Kier molecular flexibility index (Phi) is 14.4. The van der Waals surface area contributed by atoms with E-state index in [0.29, 0.717) is 18.7 Å². The fourth-order valence-corrected chi connectivity index (χ4v) is 5.58. The summed E-state index contributed by atoms with van der Waals surface area (Å²) in [5.74, 6) is 3.69. The van der Waals surface area contributed by atoms with Crippen molar-refractivity contribution in [2.75, 3.05) is 49.3 Å². The van der Waals surface area contributed by atoms with E-state index in [1.165, 1.54) is 6.42 Å². The Balaban J connectivity index is 2.17. The van der Waals surface area contributed by atoms with E-state index >= 15 is 0 Å². The standard InChI is InChI=1S/C23H40N2O6S2/c1-17(2)20(26)29-9-10-30-21(27)25-14-18(3)13-23(4,5)7-8-24-22(28)31-19-15-32-11-6-12-33-16-19/h18-19H,1,6-16H2,2-5H3,(H,24,28)(H,25,27). The van der Waals surface area contributed by atoms with Crippen molar-refractivity contribution in [1.29, 1.82) is 0 Å². The van der Waals surface area contributed by atoms with Crippen molar-refractivity contribution in [3.05, 3.63) is 12.2 Å². The molecule has 1 unspecified atom stereocenters. The summed E-state index contributed by atoms with van der Waals surface area (Å²) in [6, 6.07) is 0. The average molecular weight is 505 g/mol. The molecule has 0 aromatic rings. The summed E-state index contributed by atoms with van der Waals surface area (Å²) < 4.78 is 15.4. The van der Waals surface area contributed by atoms with Crippen LogP contribution in [0.2, 0.25) is 0 Å². The number of thioether (sulfide) groups is 2. The van der Waals surface area contributed by atoms with Crippen molar-refractivity contribution in [3.63, 3.8) is 0 Å². The van der Waals surface area contributed by atoms with Gasteiger partial charge in [0.25, 0.3) is 0 Å². The van der Waals surface area contributed by atoms with Gasteiger partial charge in [-0.15, -0.1) is 0 Å². The normalized spacial score (nSPS) is 16.0. The quantitative estimate of drug-likeness (QED) is 0.176. The molecule has 2 N–H and O–H groups in total. The maximum Gasteiger partial charge on any atom is 0.407 e. The summed E-state index contributed by atoms with van der Waals surface area (Å²) in [6.07, 6.45) is 1.98. The lowest BCUT2D eigenvalue weighted by Crippen LogP contribution is -2.35. The highest BCUT2D eigenvalue weighted by atomic mass is 32.2. The third-order valence-corrected chi connectivity index (χ3v) is 7.29. The molecule has 0 aromatic carbocycles. The van der Waals surface area contributed by atoms with Crippen molar-refractivity contribution in [2.24, 2.45) is 11.3 Å². The van der Waals surface area contributed by atoms with Gasteiger partial charge in [0.1, 0.15) is 19.3 Å². The highest BCUT2D eigenvalue weighted by molar-refractivity contribution is 8.00. The van der Waals surface area contributed by atoms with Crippen LogP contribution in [0.4, 0.5) is 9.59 Å². The molecule has 0 aromatic heterocycles. The Morgan fingerprint density at radius 2 is 1.70 bits per heavy atom. The van der Waals surface area contributed by atoms with E-state index in [0.717, 1.165) is 35.9 Å². The van der Waals surface area contributed by atoms with E-state index < -0.39 is 12.1 Å². The molecule has 8 nitrogen and oxygen atoms in total. The van der Waals surface area contributed by atoms with Gasteiger partial charge in [-0.2, -0.15) is 23.5 Å². The van der Waals surface area contributed by atoms with Crippen LogP contribution in [0.1, 0.15) is 47.0 Å². The Bertz CT molecular complexity index is 636. The van der Waals surface area contributed by atoms with Crippen LogP contribution in [0.5, 0.6) is 0 Å². The van der Waals surface area contributed by atoms with E-state index in [2.05, 4.69) is 38.0 Å². The fraction of sp³-hybridized carbons (Fsp3) is 0.783. The molecule has 1 aliphatic rings. The second kappa shape index (κ2) is 16.1. The molecule has 1 fully saturated rings. The van der Waals surface area contributed by atoms with Crippen LogP contribution in [0.3, 0.4) is 0 Å². The number of hydrogen-bond donors (Lipinski definition) is 2. The first-order valence-corrected chi connectivity index (χ1v) is 13.7. The minimum Gasteiger partial charge on any atom is -0.459 e. The van der Waals surface area contributed by atoms with Crippen molar-refractivity contribution in [2.45, 2.75) is 53.1 Å². The number of ether oxygens (including phenoxy) is 3. The molecule has 0 bridgehead atoms. The van der Waals surface area contributed by atoms with Crippen LogP contribution in [0.15, 0.2) is 12.2 Å². The van der Waals surface area contributed by atoms with Crippen LogP contribution in [0.25, 0.3) is 0 Å². The summed E-state index contributed by atoms with van der Waals surface area (Å²) in [4.78, 5) is 35.2.